The molecule has 3 aliphatic heterocycles. The van der Waals surface area contributed by atoms with Crippen LogP contribution in [0.4, 0.5) is 4.39 Å². The Morgan fingerprint density at radius 3 is 2.74 bits per heavy atom. The molecule has 0 spiro atoms. The number of methoxy groups -OCH3 is 1. The highest BCUT2D eigenvalue weighted by Crippen LogP contribution is 2.44. The number of pyridine rings is 1. The zero-order chi connectivity index (χ0) is 22.0. The summed E-state index contributed by atoms with van der Waals surface area (Å²) in [6.07, 6.45) is 5.47. The molecule has 0 aliphatic carbocycles. The summed E-state index contributed by atoms with van der Waals surface area (Å²) in [6.45, 7) is 2.75. The molecule has 4 rings (SSSR count). The van der Waals surface area contributed by atoms with E-state index in [1.54, 1.807) is 16.9 Å². The summed E-state index contributed by atoms with van der Waals surface area (Å²) in [5, 5.41) is 0. The predicted molar refractivity (Wildman–Crippen MR) is 110 cm³/mol. The van der Waals surface area contributed by atoms with Crippen molar-refractivity contribution in [3.05, 3.63) is 29.8 Å². The van der Waals surface area contributed by atoms with Gasteiger partial charge in [0.25, 0.3) is 5.91 Å². The van der Waals surface area contributed by atoms with E-state index in [4.69, 9.17) is 4.74 Å². The first kappa shape index (κ1) is 21.7. The maximum Gasteiger partial charge on any atom is 0.256 e. The molecule has 1 aromatic rings. The Morgan fingerprint density at radius 2 is 2.03 bits per heavy atom. The molecule has 9 heteroatoms. The van der Waals surface area contributed by atoms with Crippen molar-refractivity contribution < 1.29 is 23.5 Å². The number of halogens is 1. The Balaban J connectivity index is 1.66. The summed E-state index contributed by atoms with van der Waals surface area (Å²) in [4.78, 5) is 48.6. The van der Waals surface area contributed by atoms with Gasteiger partial charge in [0.2, 0.25) is 11.8 Å². The molecular formula is C22H29FN4O4. The van der Waals surface area contributed by atoms with Crippen LogP contribution in [0.15, 0.2) is 18.5 Å². The van der Waals surface area contributed by atoms with Gasteiger partial charge >= 0.3 is 0 Å². The lowest BCUT2D eigenvalue weighted by Gasteiger charge is -2.54. The molecule has 3 saturated heterocycles. The van der Waals surface area contributed by atoms with Crippen LogP contribution in [0.1, 0.15) is 42.5 Å². The summed E-state index contributed by atoms with van der Waals surface area (Å²) in [5.74, 6) is -1.08. The largest absolute Gasteiger partial charge is 0.383 e. The number of rotatable bonds is 5. The van der Waals surface area contributed by atoms with Crippen LogP contribution in [0, 0.1) is 11.2 Å². The summed E-state index contributed by atoms with van der Waals surface area (Å²) in [6, 6.07) is 1.08. The van der Waals surface area contributed by atoms with E-state index in [0.29, 0.717) is 45.6 Å². The molecule has 1 aromatic heterocycles. The van der Waals surface area contributed by atoms with E-state index in [-0.39, 0.29) is 36.4 Å². The quantitative estimate of drug-likeness (QED) is 0.701. The summed E-state index contributed by atoms with van der Waals surface area (Å²) >= 11 is 0. The van der Waals surface area contributed by atoms with Crippen LogP contribution in [0.3, 0.4) is 0 Å². The highest BCUT2D eigenvalue weighted by Gasteiger charge is 2.57. The molecule has 0 saturated carbocycles. The van der Waals surface area contributed by atoms with Gasteiger partial charge in [0.05, 0.1) is 23.8 Å². The molecular weight excluding hydrogens is 403 g/mol. The zero-order valence-electron chi connectivity index (χ0n) is 17.9. The number of hydrogen-bond acceptors (Lipinski definition) is 5. The molecule has 0 radical (unpaired) electrons. The number of hydrogen-bond donors (Lipinski definition) is 0. The van der Waals surface area contributed by atoms with Gasteiger partial charge in [-0.2, -0.15) is 0 Å². The first-order chi connectivity index (χ1) is 15.0. The van der Waals surface area contributed by atoms with Gasteiger partial charge in [0, 0.05) is 58.5 Å². The maximum absolute atomic E-state index is 14.2. The van der Waals surface area contributed by atoms with Crippen molar-refractivity contribution in [2.45, 2.75) is 38.1 Å². The van der Waals surface area contributed by atoms with Crippen molar-refractivity contribution in [2.75, 3.05) is 46.4 Å². The van der Waals surface area contributed by atoms with E-state index in [1.807, 2.05) is 4.90 Å². The smallest absolute Gasteiger partial charge is 0.256 e. The fourth-order valence-electron chi connectivity index (χ4n) is 5.34. The summed E-state index contributed by atoms with van der Waals surface area (Å²) in [5.41, 5.74) is -0.913. The van der Waals surface area contributed by atoms with E-state index in [9.17, 15) is 18.8 Å². The number of carbonyl (C=O) groups excluding carboxylic acids is 3. The van der Waals surface area contributed by atoms with E-state index >= 15 is 0 Å². The van der Waals surface area contributed by atoms with E-state index in [0.717, 1.165) is 19.0 Å². The van der Waals surface area contributed by atoms with Crippen molar-refractivity contribution in [1.82, 2.24) is 19.7 Å². The zero-order valence-corrected chi connectivity index (χ0v) is 17.9. The number of fused-ring (bicyclic) bond motifs is 1. The van der Waals surface area contributed by atoms with Gasteiger partial charge < -0.3 is 19.4 Å². The fourth-order valence-corrected chi connectivity index (χ4v) is 5.34. The molecule has 3 fully saturated rings. The Kier molecular flexibility index (Phi) is 6.22. The minimum Gasteiger partial charge on any atom is -0.383 e. The van der Waals surface area contributed by atoms with Crippen molar-refractivity contribution in [3.63, 3.8) is 0 Å². The second-order valence-corrected chi connectivity index (χ2v) is 8.62. The monoisotopic (exact) mass is 432 g/mol. The van der Waals surface area contributed by atoms with Crippen LogP contribution in [-0.2, 0) is 14.3 Å². The van der Waals surface area contributed by atoms with Crippen LogP contribution in [0.5, 0.6) is 0 Å². The number of amides is 3. The van der Waals surface area contributed by atoms with Gasteiger partial charge in [0.15, 0.2) is 5.82 Å². The lowest BCUT2D eigenvalue weighted by molar-refractivity contribution is -0.163. The van der Waals surface area contributed by atoms with Gasteiger partial charge in [-0.25, -0.2) is 4.39 Å². The minimum atomic E-state index is -0.872. The molecule has 4 heterocycles. The molecule has 3 amide bonds. The van der Waals surface area contributed by atoms with Crippen LogP contribution in [0.2, 0.25) is 0 Å². The van der Waals surface area contributed by atoms with Crippen molar-refractivity contribution in [2.24, 2.45) is 5.41 Å². The average molecular weight is 432 g/mol. The standard InChI is InChI=1S/C22H29FN4O4/c1-31-13-12-27-18-6-11-26(20(29)16-5-8-24-14-17(16)23)15-22(18,7-4-19(27)28)21(30)25-9-2-3-10-25/h5,8,14,18H,2-4,6-7,9-13,15H2,1H3/t18-,22+/m1/s1. The number of piperidine rings is 2. The van der Waals surface area contributed by atoms with Crippen LogP contribution in [-0.4, -0.2) is 89.9 Å². The van der Waals surface area contributed by atoms with Crippen LogP contribution in [0.25, 0.3) is 0 Å². The third-order valence-electron chi connectivity index (χ3n) is 6.91. The van der Waals surface area contributed by atoms with Crippen molar-refractivity contribution in [3.8, 4) is 0 Å². The van der Waals surface area contributed by atoms with Gasteiger partial charge in [0.1, 0.15) is 0 Å². The van der Waals surface area contributed by atoms with Crippen molar-refractivity contribution >= 4 is 17.7 Å². The second kappa shape index (κ2) is 8.90. The number of aromatic nitrogens is 1. The third-order valence-corrected chi connectivity index (χ3v) is 6.91. The second-order valence-electron chi connectivity index (χ2n) is 8.62. The van der Waals surface area contributed by atoms with E-state index in [2.05, 4.69) is 4.98 Å². The number of carbonyl (C=O) groups is 3. The minimum absolute atomic E-state index is 0.0117. The molecule has 8 nitrogen and oxygen atoms in total. The SMILES string of the molecule is COCCN1C(=O)CC[C@]2(C(=O)N3CCCC3)CN(C(=O)c3ccncc3F)CC[C@@H]12. The predicted octanol–water partition coefficient (Wildman–Crippen LogP) is 1.31. The lowest BCUT2D eigenvalue weighted by atomic mass is 9.67. The van der Waals surface area contributed by atoms with Gasteiger partial charge in [-0.1, -0.05) is 0 Å². The van der Waals surface area contributed by atoms with Gasteiger partial charge in [-0.15, -0.1) is 0 Å². The van der Waals surface area contributed by atoms with Crippen molar-refractivity contribution in [1.29, 1.82) is 0 Å². The first-order valence-corrected chi connectivity index (χ1v) is 10.9. The summed E-state index contributed by atoms with van der Waals surface area (Å²) in [7, 11) is 1.58. The molecule has 0 unspecified atom stereocenters. The van der Waals surface area contributed by atoms with E-state index < -0.39 is 17.1 Å². The van der Waals surface area contributed by atoms with Crippen LogP contribution < -0.4 is 0 Å². The number of nitrogens with zero attached hydrogens (tertiary/aromatic N) is 4. The third kappa shape index (κ3) is 3.91. The molecule has 168 valence electrons. The first-order valence-electron chi connectivity index (χ1n) is 10.9. The van der Waals surface area contributed by atoms with E-state index in [1.165, 1.54) is 12.3 Å². The summed E-state index contributed by atoms with van der Waals surface area (Å²) < 4.78 is 19.4. The Bertz CT molecular complexity index is 860. The molecule has 31 heavy (non-hydrogen) atoms. The molecule has 2 atom stereocenters. The average Bonchev–Trinajstić information content (AvgIpc) is 3.32. The highest BCUT2D eigenvalue weighted by atomic mass is 19.1. The highest BCUT2D eigenvalue weighted by molar-refractivity contribution is 5.96. The number of likely N-dealkylation sites (tertiary alicyclic amines) is 3. The number of ether oxygens (including phenoxy) is 1. The molecule has 0 bridgehead atoms. The lowest BCUT2D eigenvalue weighted by Crippen LogP contribution is -2.68. The normalized spacial score (nSPS) is 26.2. The van der Waals surface area contributed by atoms with Crippen LogP contribution >= 0.6 is 0 Å². The van der Waals surface area contributed by atoms with Gasteiger partial charge in [-0.05, 0) is 31.7 Å². The maximum atomic E-state index is 14.2. The Morgan fingerprint density at radius 1 is 1.26 bits per heavy atom. The molecule has 0 N–H and O–H groups in total. The fraction of sp³-hybridized carbons (Fsp3) is 0.636. The Labute approximate surface area is 181 Å². The van der Waals surface area contributed by atoms with Gasteiger partial charge in [-0.3, -0.25) is 19.4 Å². The molecule has 3 aliphatic rings. The topological polar surface area (TPSA) is 83.0 Å². The molecule has 0 aromatic carbocycles. The Hall–Kier alpha value is -2.55.